The van der Waals surface area contributed by atoms with Gasteiger partial charge in [0.2, 0.25) is 0 Å². The van der Waals surface area contributed by atoms with Crippen molar-refractivity contribution >= 4 is 71.3 Å². The second kappa shape index (κ2) is 6.02. The summed E-state index contributed by atoms with van der Waals surface area (Å²) in [5.41, 5.74) is 2.15. The Morgan fingerprint density at radius 2 is 1.80 bits per heavy atom. The summed E-state index contributed by atoms with van der Waals surface area (Å²) < 4.78 is 4.32. The van der Waals surface area contributed by atoms with Gasteiger partial charge in [0.1, 0.15) is 0 Å². The zero-order valence-corrected chi connectivity index (χ0v) is 15.1. The maximum absolute atomic E-state index is 4.66. The Morgan fingerprint density at radius 3 is 2.50 bits per heavy atom. The van der Waals surface area contributed by atoms with Gasteiger partial charge in [0.25, 0.3) is 0 Å². The molecule has 0 radical (unpaired) electrons. The van der Waals surface area contributed by atoms with Gasteiger partial charge in [-0.25, -0.2) is 4.98 Å². The molecule has 0 N–H and O–H groups in total. The third-order valence-corrected chi connectivity index (χ3v) is 6.66. The van der Waals surface area contributed by atoms with Crippen molar-refractivity contribution in [2.75, 3.05) is 0 Å². The fourth-order valence-corrected chi connectivity index (χ4v) is 4.61. The predicted octanol–water partition coefficient (Wildman–Crippen LogP) is 6.62. The van der Waals surface area contributed by atoms with E-state index in [-0.39, 0.29) is 0 Å². The van der Waals surface area contributed by atoms with Gasteiger partial charge in [0.15, 0.2) is 4.34 Å². The average Bonchev–Trinajstić information content (AvgIpc) is 2.81. The molecule has 1 heterocycles. The van der Waals surface area contributed by atoms with E-state index in [2.05, 4.69) is 73.8 Å². The molecule has 0 spiro atoms. The van der Waals surface area contributed by atoms with Gasteiger partial charge in [0.05, 0.1) is 10.2 Å². The van der Waals surface area contributed by atoms with Gasteiger partial charge in [-0.3, -0.25) is 0 Å². The second-order valence-corrected chi connectivity index (χ2v) is 8.15. The molecule has 0 amide bonds. The first-order valence-corrected chi connectivity index (χ1v) is 9.03. The van der Waals surface area contributed by atoms with Crippen molar-refractivity contribution in [3.63, 3.8) is 0 Å². The predicted molar refractivity (Wildman–Crippen MR) is 95.7 cm³/mol. The smallest absolute Gasteiger partial charge is 0.155 e. The number of benzene rings is 2. The first-order valence-electron chi connectivity index (χ1n) is 5.81. The molecule has 0 fully saturated rings. The highest BCUT2D eigenvalue weighted by molar-refractivity contribution is 9.13. The molecule has 3 rings (SSSR count). The summed E-state index contributed by atoms with van der Waals surface area (Å²) in [6.45, 7) is 3.76. The molecule has 0 atom stereocenters. The zero-order valence-electron chi connectivity index (χ0n) is 10.3. The normalized spacial score (nSPS) is 10.9. The highest BCUT2D eigenvalue weighted by Crippen LogP contribution is 2.37. The summed E-state index contributed by atoms with van der Waals surface area (Å²) in [6, 6.07) is 12.5. The minimum Gasteiger partial charge on any atom is -0.229 e. The standard InChI is InChI=1S/C15H9Br2NS2/c1-2-9-3-5-10(6-4-9)19-15-18-13-7-11(16)12(17)8-14(13)20-15/h2-8H,1H2. The SMILES string of the molecule is C=Cc1ccc(Sc2nc3cc(Br)c(Br)cc3s2)cc1. The van der Waals surface area contributed by atoms with E-state index in [0.717, 1.165) is 24.4 Å². The van der Waals surface area contributed by atoms with Crippen molar-refractivity contribution in [2.45, 2.75) is 9.24 Å². The largest absolute Gasteiger partial charge is 0.229 e. The first kappa shape index (κ1) is 14.3. The number of rotatable bonds is 3. The summed E-state index contributed by atoms with van der Waals surface area (Å²) in [4.78, 5) is 5.85. The van der Waals surface area contributed by atoms with E-state index in [9.17, 15) is 0 Å². The fourth-order valence-electron chi connectivity index (χ4n) is 1.72. The highest BCUT2D eigenvalue weighted by Gasteiger charge is 2.08. The topological polar surface area (TPSA) is 12.9 Å². The molecule has 3 aromatic rings. The molecule has 1 aromatic heterocycles. The van der Waals surface area contributed by atoms with Crippen molar-refractivity contribution in [2.24, 2.45) is 0 Å². The maximum atomic E-state index is 4.66. The Labute approximate surface area is 142 Å². The van der Waals surface area contributed by atoms with Crippen LogP contribution in [-0.2, 0) is 0 Å². The summed E-state index contributed by atoms with van der Waals surface area (Å²) in [5, 5.41) is 0. The lowest BCUT2D eigenvalue weighted by Crippen LogP contribution is -1.74. The summed E-state index contributed by atoms with van der Waals surface area (Å²) in [7, 11) is 0. The van der Waals surface area contributed by atoms with Crippen LogP contribution in [0, 0.1) is 0 Å². The van der Waals surface area contributed by atoms with Crippen LogP contribution in [0.2, 0.25) is 0 Å². The van der Waals surface area contributed by atoms with Gasteiger partial charge in [-0.05, 0) is 61.7 Å². The molecule has 0 saturated carbocycles. The van der Waals surface area contributed by atoms with Crippen LogP contribution >= 0.6 is 55.0 Å². The molecule has 100 valence electrons. The minimum absolute atomic E-state index is 1.02. The number of nitrogens with zero attached hydrogens (tertiary/aromatic N) is 1. The highest BCUT2D eigenvalue weighted by atomic mass is 79.9. The zero-order chi connectivity index (χ0) is 14.1. The molecule has 5 heteroatoms. The molecule has 0 saturated heterocycles. The molecular formula is C15H9Br2NS2. The van der Waals surface area contributed by atoms with Crippen molar-refractivity contribution in [3.8, 4) is 0 Å². The Kier molecular flexibility index (Phi) is 4.31. The Morgan fingerprint density at radius 1 is 1.10 bits per heavy atom. The van der Waals surface area contributed by atoms with Crippen LogP contribution in [-0.4, -0.2) is 4.98 Å². The monoisotopic (exact) mass is 425 g/mol. The third-order valence-electron chi connectivity index (χ3n) is 2.73. The molecule has 2 aromatic carbocycles. The van der Waals surface area contributed by atoms with Crippen molar-refractivity contribution in [3.05, 3.63) is 57.5 Å². The van der Waals surface area contributed by atoms with Gasteiger partial charge in [-0.2, -0.15) is 0 Å². The molecule has 0 bridgehead atoms. The molecule has 0 unspecified atom stereocenters. The molecule has 20 heavy (non-hydrogen) atoms. The van der Waals surface area contributed by atoms with E-state index in [1.807, 2.05) is 12.1 Å². The summed E-state index contributed by atoms with van der Waals surface area (Å²) in [6.07, 6.45) is 1.85. The number of aromatic nitrogens is 1. The number of halogens is 2. The summed E-state index contributed by atoms with van der Waals surface area (Å²) in [5.74, 6) is 0. The molecule has 0 aliphatic heterocycles. The van der Waals surface area contributed by atoms with E-state index in [1.165, 1.54) is 9.60 Å². The lowest BCUT2D eigenvalue weighted by molar-refractivity contribution is 1.29. The second-order valence-electron chi connectivity index (χ2n) is 4.09. The lowest BCUT2D eigenvalue weighted by Gasteiger charge is -1.97. The van der Waals surface area contributed by atoms with Gasteiger partial charge in [-0.15, -0.1) is 11.3 Å². The van der Waals surface area contributed by atoms with Crippen molar-refractivity contribution in [1.29, 1.82) is 0 Å². The number of thiazole rings is 1. The molecule has 1 nitrogen and oxygen atoms in total. The Balaban J connectivity index is 1.91. The Bertz CT molecular complexity index is 739. The van der Waals surface area contributed by atoms with E-state index in [4.69, 9.17) is 0 Å². The molecule has 0 aliphatic carbocycles. The van der Waals surface area contributed by atoms with Crippen molar-refractivity contribution in [1.82, 2.24) is 4.98 Å². The van der Waals surface area contributed by atoms with E-state index < -0.39 is 0 Å². The van der Waals surface area contributed by atoms with Crippen LogP contribution < -0.4 is 0 Å². The fraction of sp³-hybridized carbons (Fsp3) is 0. The van der Waals surface area contributed by atoms with Gasteiger partial charge >= 0.3 is 0 Å². The van der Waals surface area contributed by atoms with Crippen LogP contribution in [0.15, 0.2) is 61.2 Å². The van der Waals surface area contributed by atoms with Gasteiger partial charge in [-0.1, -0.05) is 36.5 Å². The summed E-state index contributed by atoms with van der Waals surface area (Å²) >= 11 is 10.4. The number of hydrogen-bond acceptors (Lipinski definition) is 3. The quantitative estimate of drug-likeness (QED) is 0.466. The number of hydrogen-bond donors (Lipinski definition) is 0. The van der Waals surface area contributed by atoms with Crippen LogP contribution in [0.4, 0.5) is 0 Å². The van der Waals surface area contributed by atoms with Gasteiger partial charge < -0.3 is 0 Å². The van der Waals surface area contributed by atoms with Crippen LogP contribution in [0.25, 0.3) is 16.3 Å². The Hall–Kier alpha value is -0.620. The molecule has 0 aliphatic rings. The lowest BCUT2D eigenvalue weighted by atomic mass is 10.2. The minimum atomic E-state index is 1.02. The number of fused-ring (bicyclic) bond motifs is 1. The van der Waals surface area contributed by atoms with E-state index in [0.29, 0.717) is 0 Å². The van der Waals surface area contributed by atoms with Gasteiger partial charge in [0, 0.05) is 13.8 Å². The average molecular weight is 427 g/mol. The van der Waals surface area contributed by atoms with Crippen LogP contribution in [0.5, 0.6) is 0 Å². The van der Waals surface area contributed by atoms with Crippen LogP contribution in [0.3, 0.4) is 0 Å². The van der Waals surface area contributed by atoms with E-state index >= 15 is 0 Å². The maximum Gasteiger partial charge on any atom is 0.155 e. The third kappa shape index (κ3) is 3.01. The first-order chi connectivity index (χ1) is 9.65. The van der Waals surface area contributed by atoms with E-state index in [1.54, 1.807) is 23.1 Å². The van der Waals surface area contributed by atoms with Crippen LogP contribution in [0.1, 0.15) is 5.56 Å². The van der Waals surface area contributed by atoms with Crippen molar-refractivity contribution < 1.29 is 0 Å². The molecular weight excluding hydrogens is 418 g/mol.